The monoisotopic (exact) mass is 390 g/mol. The van der Waals surface area contributed by atoms with Crippen molar-refractivity contribution in [1.29, 1.82) is 0 Å². The van der Waals surface area contributed by atoms with E-state index in [4.69, 9.17) is 16.1 Å². The van der Waals surface area contributed by atoms with E-state index in [1.54, 1.807) is 49.4 Å². The van der Waals surface area contributed by atoms with Crippen molar-refractivity contribution in [2.45, 2.75) is 18.7 Å². The number of anilines is 1. The van der Waals surface area contributed by atoms with Crippen LogP contribution in [0.1, 0.15) is 27.4 Å². The normalized spacial score (nSPS) is 11.3. The van der Waals surface area contributed by atoms with E-state index in [2.05, 4.69) is 9.88 Å². The Kier molecular flexibility index (Phi) is 4.84. The topological polar surface area (TPSA) is 89.3 Å². The highest BCUT2D eigenvalue weighted by molar-refractivity contribution is 7.92. The molecular formula is C18H15ClN2O4S. The quantitative estimate of drug-likeness (QED) is 0.665. The van der Waals surface area contributed by atoms with Gasteiger partial charge in [0, 0.05) is 21.8 Å². The number of sulfonamides is 1. The van der Waals surface area contributed by atoms with Crippen LogP contribution in [0.4, 0.5) is 5.69 Å². The number of carbonyl (C=O) groups excluding carboxylic acids is 1. The zero-order chi connectivity index (χ0) is 18.9. The summed E-state index contributed by atoms with van der Waals surface area (Å²) in [5.41, 5.74) is 1.35. The number of rotatable bonds is 5. The Balaban J connectivity index is 1.90. The molecule has 0 radical (unpaired) electrons. The van der Waals surface area contributed by atoms with E-state index in [-0.39, 0.29) is 27.8 Å². The molecule has 0 atom stereocenters. The molecular weight excluding hydrogens is 376 g/mol. The number of halogens is 1. The maximum absolute atomic E-state index is 12.6. The molecule has 134 valence electrons. The minimum atomic E-state index is -3.88. The molecule has 3 aromatic rings. The van der Waals surface area contributed by atoms with Crippen molar-refractivity contribution >= 4 is 33.1 Å². The molecule has 1 aromatic heterocycles. The molecule has 26 heavy (non-hydrogen) atoms. The summed E-state index contributed by atoms with van der Waals surface area (Å²) in [5.74, 6) is -0.0385. The first-order valence-electron chi connectivity index (χ1n) is 7.64. The third-order valence-electron chi connectivity index (χ3n) is 3.72. The molecule has 0 saturated carbocycles. The van der Waals surface area contributed by atoms with Gasteiger partial charge in [0.15, 0.2) is 16.4 Å². The number of aromatic nitrogens is 1. The van der Waals surface area contributed by atoms with Crippen molar-refractivity contribution in [3.05, 3.63) is 76.1 Å². The molecule has 8 heteroatoms. The highest BCUT2D eigenvalue weighted by Gasteiger charge is 2.24. The summed E-state index contributed by atoms with van der Waals surface area (Å²) < 4.78 is 32.5. The van der Waals surface area contributed by atoms with Gasteiger partial charge < -0.3 is 4.52 Å². The minimum absolute atomic E-state index is 0.00747. The summed E-state index contributed by atoms with van der Waals surface area (Å²) in [6.45, 7) is 3.07. The maximum Gasteiger partial charge on any atom is 0.267 e. The van der Waals surface area contributed by atoms with Crippen LogP contribution < -0.4 is 4.72 Å². The number of hydrogen-bond donors (Lipinski definition) is 1. The van der Waals surface area contributed by atoms with Crippen LogP contribution in [0.3, 0.4) is 0 Å². The summed E-state index contributed by atoms with van der Waals surface area (Å²) in [6.07, 6.45) is 0. The van der Waals surface area contributed by atoms with Gasteiger partial charge in [-0.05, 0) is 50.2 Å². The second kappa shape index (κ2) is 6.93. The fraction of sp³-hybridized carbons (Fsp3) is 0.111. The third kappa shape index (κ3) is 3.63. The number of aryl methyl sites for hydroxylation is 2. The maximum atomic E-state index is 12.6. The van der Waals surface area contributed by atoms with Gasteiger partial charge in [0.1, 0.15) is 5.69 Å². The number of nitrogens with zero attached hydrogens (tertiary/aromatic N) is 1. The molecule has 1 heterocycles. The lowest BCUT2D eigenvalue weighted by Gasteiger charge is -2.09. The van der Waals surface area contributed by atoms with Crippen LogP contribution in [-0.2, 0) is 10.0 Å². The van der Waals surface area contributed by atoms with E-state index in [1.807, 2.05) is 0 Å². The zero-order valence-electron chi connectivity index (χ0n) is 14.0. The third-order valence-corrected chi connectivity index (χ3v) is 5.60. The molecule has 0 saturated heterocycles. The molecule has 6 nitrogen and oxygen atoms in total. The Bertz CT molecular complexity index is 1050. The van der Waals surface area contributed by atoms with E-state index in [0.717, 1.165) is 0 Å². The molecule has 0 fully saturated rings. The van der Waals surface area contributed by atoms with Gasteiger partial charge in [0.05, 0.1) is 0 Å². The fourth-order valence-corrected chi connectivity index (χ4v) is 4.06. The van der Waals surface area contributed by atoms with E-state index in [0.29, 0.717) is 16.1 Å². The van der Waals surface area contributed by atoms with Gasteiger partial charge in [-0.15, -0.1) is 0 Å². The van der Waals surface area contributed by atoms with Crippen molar-refractivity contribution in [3.63, 3.8) is 0 Å². The van der Waals surface area contributed by atoms with Crippen molar-refractivity contribution in [3.8, 4) is 0 Å². The summed E-state index contributed by atoms with van der Waals surface area (Å²) in [4.78, 5) is 12.6. The predicted octanol–water partition coefficient (Wildman–Crippen LogP) is 3.98. The molecule has 2 aromatic carbocycles. The standard InChI is InChI=1S/C18H15ClN2O4S/c1-11-18(12(2)25-20-11)26(23,24)21-16-5-3-4-14(10-16)17(22)13-6-8-15(19)9-7-13/h3-10,21H,1-2H3. The van der Waals surface area contributed by atoms with Gasteiger partial charge in [-0.25, -0.2) is 8.42 Å². The van der Waals surface area contributed by atoms with Gasteiger partial charge >= 0.3 is 0 Å². The summed E-state index contributed by atoms with van der Waals surface area (Å²) >= 11 is 5.83. The predicted molar refractivity (Wildman–Crippen MR) is 98.1 cm³/mol. The SMILES string of the molecule is Cc1noc(C)c1S(=O)(=O)Nc1cccc(C(=O)c2ccc(Cl)cc2)c1. The van der Waals surface area contributed by atoms with E-state index < -0.39 is 10.0 Å². The Morgan fingerprint density at radius 1 is 1.08 bits per heavy atom. The average molecular weight is 391 g/mol. The van der Waals surface area contributed by atoms with E-state index in [9.17, 15) is 13.2 Å². The largest absolute Gasteiger partial charge is 0.360 e. The second-order valence-corrected chi connectivity index (χ2v) is 7.73. The minimum Gasteiger partial charge on any atom is -0.360 e. The molecule has 0 unspecified atom stereocenters. The smallest absolute Gasteiger partial charge is 0.267 e. The first kappa shape index (κ1) is 18.2. The Morgan fingerprint density at radius 2 is 1.77 bits per heavy atom. The van der Waals surface area contributed by atoms with Crippen molar-refractivity contribution in [1.82, 2.24) is 5.16 Å². The van der Waals surface area contributed by atoms with Crippen LogP contribution in [0.2, 0.25) is 5.02 Å². The molecule has 3 rings (SSSR count). The lowest BCUT2D eigenvalue weighted by molar-refractivity contribution is 0.103. The lowest BCUT2D eigenvalue weighted by atomic mass is 10.0. The highest BCUT2D eigenvalue weighted by atomic mass is 35.5. The first-order valence-corrected chi connectivity index (χ1v) is 9.50. The number of ketones is 1. The fourth-order valence-electron chi connectivity index (χ4n) is 2.56. The Morgan fingerprint density at radius 3 is 2.38 bits per heavy atom. The number of benzene rings is 2. The summed E-state index contributed by atoms with van der Waals surface area (Å²) in [5, 5.41) is 4.19. The second-order valence-electron chi connectivity index (χ2n) is 5.68. The molecule has 0 aliphatic rings. The van der Waals surface area contributed by atoms with Crippen LogP contribution in [0.5, 0.6) is 0 Å². The van der Waals surface area contributed by atoms with Crippen LogP contribution in [-0.4, -0.2) is 19.4 Å². The van der Waals surface area contributed by atoms with Gasteiger partial charge in [-0.2, -0.15) is 0 Å². The van der Waals surface area contributed by atoms with Crippen molar-refractivity contribution < 1.29 is 17.7 Å². The Labute approximate surface area is 155 Å². The first-order chi connectivity index (χ1) is 12.3. The molecule has 0 aliphatic heterocycles. The van der Waals surface area contributed by atoms with Gasteiger partial charge in [0.25, 0.3) is 10.0 Å². The van der Waals surface area contributed by atoms with E-state index >= 15 is 0 Å². The van der Waals surface area contributed by atoms with Crippen LogP contribution >= 0.6 is 11.6 Å². The number of hydrogen-bond acceptors (Lipinski definition) is 5. The molecule has 0 aliphatic carbocycles. The average Bonchev–Trinajstić information content (AvgIpc) is 2.94. The molecule has 0 amide bonds. The van der Waals surface area contributed by atoms with Gasteiger partial charge in [-0.1, -0.05) is 28.9 Å². The summed E-state index contributed by atoms with van der Waals surface area (Å²) in [6, 6.07) is 12.7. The van der Waals surface area contributed by atoms with Crippen LogP contribution in [0.25, 0.3) is 0 Å². The molecule has 1 N–H and O–H groups in total. The molecule has 0 spiro atoms. The van der Waals surface area contributed by atoms with Gasteiger partial charge in [0.2, 0.25) is 0 Å². The molecule has 0 bridgehead atoms. The van der Waals surface area contributed by atoms with Gasteiger partial charge in [-0.3, -0.25) is 9.52 Å². The number of nitrogens with one attached hydrogen (secondary N) is 1. The summed E-state index contributed by atoms with van der Waals surface area (Å²) in [7, 11) is -3.88. The van der Waals surface area contributed by atoms with Crippen LogP contribution in [0.15, 0.2) is 57.9 Å². The van der Waals surface area contributed by atoms with E-state index in [1.165, 1.54) is 13.0 Å². The van der Waals surface area contributed by atoms with Crippen LogP contribution in [0, 0.1) is 13.8 Å². The lowest BCUT2D eigenvalue weighted by Crippen LogP contribution is -2.15. The van der Waals surface area contributed by atoms with Crippen molar-refractivity contribution in [2.24, 2.45) is 0 Å². The highest BCUT2D eigenvalue weighted by Crippen LogP contribution is 2.23. The number of carbonyl (C=O) groups is 1. The Hall–Kier alpha value is -2.64. The zero-order valence-corrected chi connectivity index (χ0v) is 15.6. The van der Waals surface area contributed by atoms with Crippen molar-refractivity contribution in [2.75, 3.05) is 4.72 Å².